The Morgan fingerprint density at radius 3 is 2.38 bits per heavy atom. The molecule has 1 N–H and O–H groups in total. The van der Waals surface area contributed by atoms with Crippen molar-refractivity contribution in [3.63, 3.8) is 0 Å². The summed E-state index contributed by atoms with van der Waals surface area (Å²) in [5.74, 6) is 0. The van der Waals surface area contributed by atoms with Crippen LogP contribution in [0.4, 0.5) is 11.4 Å². The summed E-state index contributed by atoms with van der Waals surface area (Å²) in [4.78, 5) is 4.61. The average molecular weight is 363 g/mol. The molecule has 0 bridgehead atoms. The molecule has 0 fully saturated rings. The third-order valence-corrected chi connectivity index (χ3v) is 5.81. The Labute approximate surface area is 152 Å². The van der Waals surface area contributed by atoms with Crippen LogP contribution in [0.1, 0.15) is 5.56 Å². The molecule has 0 saturated heterocycles. The summed E-state index contributed by atoms with van der Waals surface area (Å²) in [5.41, 5.74) is 3.16. The van der Waals surface area contributed by atoms with Crippen LogP contribution in [0, 0.1) is 6.92 Å². The highest BCUT2D eigenvalue weighted by Crippen LogP contribution is 2.24. The van der Waals surface area contributed by atoms with Crippen LogP contribution in [0.2, 0.25) is 0 Å². The molecule has 0 aliphatic heterocycles. The third kappa shape index (κ3) is 2.95. The van der Waals surface area contributed by atoms with Gasteiger partial charge < -0.3 is 5.32 Å². The molecule has 5 nitrogen and oxygen atoms in total. The zero-order valence-electron chi connectivity index (χ0n) is 14.1. The number of aromatic nitrogens is 2. The molecule has 4 rings (SSSR count). The van der Waals surface area contributed by atoms with Crippen molar-refractivity contribution in [2.45, 2.75) is 11.8 Å². The summed E-state index contributed by atoms with van der Waals surface area (Å²) >= 11 is 0. The zero-order chi connectivity index (χ0) is 18.1. The lowest BCUT2D eigenvalue weighted by Gasteiger charge is -2.09. The maximum absolute atomic E-state index is 12.9. The van der Waals surface area contributed by atoms with E-state index in [1.54, 1.807) is 42.7 Å². The molecule has 0 aliphatic rings. The van der Waals surface area contributed by atoms with E-state index in [-0.39, 0.29) is 4.90 Å². The number of hydrogen-bond donors (Lipinski definition) is 1. The monoisotopic (exact) mass is 363 g/mol. The Kier molecular flexibility index (Phi) is 3.97. The van der Waals surface area contributed by atoms with Crippen molar-refractivity contribution in [2.75, 3.05) is 5.32 Å². The SMILES string of the molecule is Cc1ccc(S(=O)(=O)n2ccc3cc(Nc4ccccc4)cnc32)cc1. The summed E-state index contributed by atoms with van der Waals surface area (Å²) in [6.45, 7) is 1.92. The molecule has 0 aliphatic carbocycles. The second-order valence-electron chi connectivity index (χ2n) is 6.06. The Morgan fingerprint density at radius 1 is 0.923 bits per heavy atom. The van der Waals surface area contributed by atoms with Crippen molar-refractivity contribution in [1.29, 1.82) is 0 Å². The number of rotatable bonds is 4. The number of hydrogen-bond acceptors (Lipinski definition) is 4. The fourth-order valence-corrected chi connectivity index (χ4v) is 4.08. The predicted molar refractivity (Wildman–Crippen MR) is 103 cm³/mol. The minimum absolute atomic E-state index is 0.244. The Morgan fingerprint density at radius 2 is 1.65 bits per heavy atom. The second kappa shape index (κ2) is 6.31. The number of pyridine rings is 1. The lowest BCUT2D eigenvalue weighted by Crippen LogP contribution is -2.12. The minimum Gasteiger partial charge on any atom is -0.354 e. The maximum Gasteiger partial charge on any atom is 0.269 e. The number of nitrogens with zero attached hydrogens (tertiary/aromatic N) is 2. The summed E-state index contributed by atoms with van der Waals surface area (Å²) in [6, 6.07) is 20.2. The average Bonchev–Trinajstić information content (AvgIpc) is 3.07. The molecular weight excluding hydrogens is 346 g/mol. The summed E-state index contributed by atoms with van der Waals surface area (Å²) in [6.07, 6.45) is 3.18. The Bertz CT molecular complexity index is 1160. The minimum atomic E-state index is -3.68. The molecule has 4 aromatic rings. The van der Waals surface area contributed by atoms with Crippen LogP contribution in [-0.4, -0.2) is 17.4 Å². The lowest BCUT2D eigenvalue weighted by molar-refractivity contribution is 0.588. The fraction of sp³-hybridized carbons (Fsp3) is 0.0500. The van der Waals surface area contributed by atoms with Gasteiger partial charge in [-0.3, -0.25) is 0 Å². The van der Waals surface area contributed by atoms with Gasteiger partial charge in [-0.1, -0.05) is 35.9 Å². The van der Waals surface area contributed by atoms with E-state index in [1.165, 1.54) is 3.97 Å². The molecule has 0 saturated carbocycles. The van der Waals surface area contributed by atoms with Crippen LogP contribution >= 0.6 is 0 Å². The van der Waals surface area contributed by atoms with Crippen LogP contribution in [-0.2, 0) is 10.0 Å². The number of para-hydroxylation sites is 1. The largest absolute Gasteiger partial charge is 0.354 e. The van der Waals surface area contributed by atoms with Crippen molar-refractivity contribution in [1.82, 2.24) is 8.96 Å². The number of benzene rings is 2. The highest BCUT2D eigenvalue weighted by Gasteiger charge is 2.19. The first kappa shape index (κ1) is 16.4. The highest BCUT2D eigenvalue weighted by atomic mass is 32.2. The van der Waals surface area contributed by atoms with Gasteiger partial charge in [-0.25, -0.2) is 17.4 Å². The van der Waals surface area contributed by atoms with Crippen molar-refractivity contribution in [3.05, 3.63) is 84.7 Å². The fourth-order valence-electron chi connectivity index (χ4n) is 2.77. The maximum atomic E-state index is 12.9. The van der Waals surface area contributed by atoms with E-state index >= 15 is 0 Å². The molecule has 0 atom stereocenters. The summed E-state index contributed by atoms with van der Waals surface area (Å²) in [5, 5.41) is 4.01. The molecular formula is C20H17N3O2S. The van der Waals surface area contributed by atoms with Crippen LogP contribution < -0.4 is 5.32 Å². The summed E-state index contributed by atoms with van der Waals surface area (Å²) < 4.78 is 27.0. The van der Waals surface area contributed by atoms with E-state index < -0.39 is 10.0 Å². The molecule has 2 heterocycles. The van der Waals surface area contributed by atoms with Gasteiger partial charge in [0.25, 0.3) is 10.0 Å². The quantitative estimate of drug-likeness (QED) is 0.586. The first-order chi connectivity index (χ1) is 12.5. The van der Waals surface area contributed by atoms with Gasteiger partial charge in [-0.2, -0.15) is 0 Å². The smallest absolute Gasteiger partial charge is 0.269 e. The molecule has 26 heavy (non-hydrogen) atoms. The van der Waals surface area contributed by atoms with Crippen molar-refractivity contribution in [3.8, 4) is 0 Å². The van der Waals surface area contributed by atoms with Crippen molar-refractivity contribution < 1.29 is 8.42 Å². The topological polar surface area (TPSA) is 64.0 Å². The number of anilines is 2. The zero-order valence-corrected chi connectivity index (χ0v) is 14.9. The number of nitrogens with one attached hydrogen (secondary N) is 1. The van der Waals surface area contributed by atoms with Crippen LogP contribution in [0.5, 0.6) is 0 Å². The molecule has 0 spiro atoms. The van der Waals surface area contributed by atoms with E-state index in [0.717, 1.165) is 22.3 Å². The molecule has 2 aromatic heterocycles. The van der Waals surface area contributed by atoms with Gasteiger partial charge in [0.05, 0.1) is 16.8 Å². The van der Waals surface area contributed by atoms with Crippen molar-refractivity contribution in [2.24, 2.45) is 0 Å². The van der Waals surface area contributed by atoms with E-state index in [9.17, 15) is 8.42 Å². The van der Waals surface area contributed by atoms with Gasteiger partial charge in [0.15, 0.2) is 5.65 Å². The van der Waals surface area contributed by atoms with E-state index in [2.05, 4.69) is 10.3 Å². The first-order valence-electron chi connectivity index (χ1n) is 8.15. The molecule has 2 aromatic carbocycles. The van der Waals surface area contributed by atoms with E-state index in [1.807, 2.05) is 43.3 Å². The standard InChI is InChI=1S/C20H17N3O2S/c1-15-7-9-19(10-8-15)26(24,25)23-12-11-16-13-18(14-21-20(16)23)22-17-5-3-2-4-6-17/h2-14,22H,1H3. The third-order valence-electron chi connectivity index (χ3n) is 4.13. The van der Waals surface area contributed by atoms with Gasteiger partial charge in [-0.05, 0) is 43.3 Å². The molecule has 130 valence electrons. The van der Waals surface area contributed by atoms with Crippen molar-refractivity contribution >= 4 is 32.4 Å². The van der Waals surface area contributed by atoms with Gasteiger partial charge in [0.2, 0.25) is 0 Å². The normalized spacial score (nSPS) is 11.6. The Hall–Kier alpha value is -3.12. The van der Waals surface area contributed by atoms with Crippen LogP contribution in [0.25, 0.3) is 11.0 Å². The second-order valence-corrected chi connectivity index (χ2v) is 7.87. The lowest BCUT2D eigenvalue weighted by atomic mass is 10.2. The molecule has 6 heteroatoms. The van der Waals surface area contributed by atoms with Gasteiger partial charge in [0.1, 0.15) is 0 Å². The molecule has 0 unspecified atom stereocenters. The van der Waals surface area contributed by atoms with Crippen LogP contribution in [0.3, 0.4) is 0 Å². The number of aryl methyl sites for hydroxylation is 1. The van der Waals surface area contributed by atoms with Crippen LogP contribution in [0.15, 0.2) is 84.0 Å². The number of fused-ring (bicyclic) bond motifs is 1. The van der Waals surface area contributed by atoms with Gasteiger partial charge in [-0.15, -0.1) is 0 Å². The molecule has 0 amide bonds. The summed E-state index contributed by atoms with van der Waals surface area (Å²) in [7, 11) is -3.68. The molecule has 0 radical (unpaired) electrons. The van der Waals surface area contributed by atoms with Gasteiger partial charge >= 0.3 is 0 Å². The van der Waals surface area contributed by atoms with E-state index in [4.69, 9.17) is 0 Å². The van der Waals surface area contributed by atoms with E-state index in [0.29, 0.717) is 5.65 Å². The van der Waals surface area contributed by atoms with Gasteiger partial charge in [0, 0.05) is 17.3 Å². The Balaban J connectivity index is 1.72. The first-order valence-corrected chi connectivity index (χ1v) is 9.59. The highest BCUT2D eigenvalue weighted by molar-refractivity contribution is 7.90. The predicted octanol–water partition coefficient (Wildman–Crippen LogP) is 4.33.